The summed E-state index contributed by atoms with van der Waals surface area (Å²) in [6.45, 7) is 2.09. The zero-order valence-electron chi connectivity index (χ0n) is 12.5. The summed E-state index contributed by atoms with van der Waals surface area (Å²) >= 11 is 8.37. The summed E-state index contributed by atoms with van der Waals surface area (Å²) in [6, 6.07) is 4.08. The van der Waals surface area contributed by atoms with Crippen LogP contribution in [0.15, 0.2) is 22.7 Å². The van der Waals surface area contributed by atoms with Gasteiger partial charge in [0.2, 0.25) is 0 Å². The van der Waals surface area contributed by atoms with Crippen LogP contribution in [0.3, 0.4) is 0 Å². The van der Waals surface area contributed by atoms with Crippen LogP contribution in [0.2, 0.25) is 0 Å². The van der Waals surface area contributed by atoms with Gasteiger partial charge in [-0.05, 0) is 54.7 Å². The van der Waals surface area contributed by atoms with Crippen molar-refractivity contribution in [1.29, 1.82) is 0 Å². The summed E-state index contributed by atoms with van der Waals surface area (Å²) < 4.78 is 42.1. The molecule has 0 atom stereocenters. The Morgan fingerprint density at radius 3 is 2.48 bits per heavy atom. The second kappa shape index (κ2) is 5.44. The summed E-state index contributed by atoms with van der Waals surface area (Å²) in [5.74, 6) is 1.11. The molecule has 0 spiro atoms. The van der Waals surface area contributed by atoms with Gasteiger partial charge in [0.25, 0.3) is 0 Å². The number of benzene rings is 1. The molecule has 23 heavy (non-hydrogen) atoms. The highest BCUT2D eigenvalue weighted by Crippen LogP contribution is 2.52. The van der Waals surface area contributed by atoms with Crippen LogP contribution >= 0.6 is 28.1 Å². The van der Waals surface area contributed by atoms with Crippen LogP contribution in [0.1, 0.15) is 36.7 Å². The molecule has 1 N–H and O–H groups in total. The van der Waals surface area contributed by atoms with Gasteiger partial charge in [0.05, 0.1) is 11.0 Å². The third-order valence-corrected chi connectivity index (χ3v) is 5.30. The summed E-state index contributed by atoms with van der Waals surface area (Å²) in [6.07, 6.45) is -2.89. The van der Waals surface area contributed by atoms with Crippen molar-refractivity contribution in [2.24, 2.45) is 13.0 Å². The van der Waals surface area contributed by atoms with Gasteiger partial charge in [-0.3, -0.25) is 5.10 Å². The number of nitrogens with zero attached hydrogens (tertiary/aromatic N) is 2. The van der Waals surface area contributed by atoms with Gasteiger partial charge in [-0.2, -0.15) is 18.3 Å². The van der Waals surface area contributed by atoms with E-state index in [0.29, 0.717) is 26.5 Å². The molecule has 1 fully saturated rings. The van der Waals surface area contributed by atoms with E-state index in [0.717, 1.165) is 18.9 Å². The van der Waals surface area contributed by atoms with Gasteiger partial charge < -0.3 is 4.57 Å². The van der Waals surface area contributed by atoms with Crippen molar-refractivity contribution < 1.29 is 13.2 Å². The molecule has 0 amide bonds. The molecule has 0 radical (unpaired) electrons. The Labute approximate surface area is 145 Å². The van der Waals surface area contributed by atoms with E-state index in [1.54, 1.807) is 17.7 Å². The minimum absolute atomic E-state index is 0.415. The Kier molecular flexibility index (Phi) is 3.95. The lowest BCUT2D eigenvalue weighted by atomic mass is 9.58. The lowest BCUT2D eigenvalue weighted by Crippen LogP contribution is -2.43. The number of nitrogens with one attached hydrogen (secondary N) is 1. The van der Waals surface area contributed by atoms with Crippen LogP contribution in [0.5, 0.6) is 0 Å². The number of halogens is 4. The molecule has 0 saturated heterocycles. The van der Waals surface area contributed by atoms with Gasteiger partial charge >= 0.3 is 6.18 Å². The maximum Gasteiger partial charge on any atom is 0.416 e. The van der Waals surface area contributed by atoms with Gasteiger partial charge in [-0.15, -0.1) is 0 Å². The quantitative estimate of drug-likeness (QED) is 0.715. The summed E-state index contributed by atoms with van der Waals surface area (Å²) in [4.78, 5) is 0. The first-order valence-electron chi connectivity index (χ1n) is 7.13. The molecule has 1 heterocycles. The molecule has 1 aliphatic rings. The molecular weight excluding hydrogens is 391 g/mol. The molecule has 1 saturated carbocycles. The van der Waals surface area contributed by atoms with Crippen LogP contribution in [0.25, 0.3) is 0 Å². The Bertz CT molecular complexity index is 803. The Balaban J connectivity index is 2.19. The average molecular weight is 406 g/mol. The molecule has 124 valence electrons. The normalized spacial score (nSPS) is 24.5. The Hall–Kier alpha value is -1.15. The number of H-pyrrole nitrogens is 1. The largest absolute Gasteiger partial charge is 0.416 e. The second-order valence-corrected chi connectivity index (χ2v) is 7.54. The summed E-state index contributed by atoms with van der Waals surface area (Å²) in [7, 11) is 1.79. The number of aromatic nitrogens is 3. The van der Waals surface area contributed by atoms with E-state index in [9.17, 15) is 13.2 Å². The van der Waals surface area contributed by atoms with Crippen LogP contribution in [0, 0.1) is 10.7 Å². The lowest BCUT2D eigenvalue weighted by molar-refractivity contribution is -0.137. The number of alkyl halides is 3. The molecule has 0 unspecified atom stereocenters. The van der Waals surface area contributed by atoms with E-state index in [2.05, 4.69) is 33.1 Å². The molecule has 1 aromatic carbocycles. The van der Waals surface area contributed by atoms with Crippen LogP contribution in [-0.2, 0) is 18.6 Å². The Morgan fingerprint density at radius 1 is 1.35 bits per heavy atom. The van der Waals surface area contributed by atoms with Crippen LogP contribution < -0.4 is 0 Å². The third kappa shape index (κ3) is 2.76. The van der Waals surface area contributed by atoms with Gasteiger partial charge in [0.1, 0.15) is 5.82 Å². The molecular formula is C15H15BrF3N3S. The van der Waals surface area contributed by atoms with E-state index in [4.69, 9.17) is 12.2 Å². The van der Waals surface area contributed by atoms with Gasteiger partial charge in [0, 0.05) is 11.5 Å². The first-order valence-corrected chi connectivity index (χ1v) is 8.34. The number of hydrogen-bond acceptors (Lipinski definition) is 2. The number of hydrogen-bond donors (Lipinski definition) is 1. The summed E-state index contributed by atoms with van der Waals surface area (Å²) in [5, 5.41) is 7.03. The van der Waals surface area contributed by atoms with Gasteiger partial charge in [-0.1, -0.05) is 22.9 Å². The van der Waals surface area contributed by atoms with Crippen molar-refractivity contribution in [3.63, 3.8) is 0 Å². The predicted molar refractivity (Wildman–Crippen MR) is 86.7 cm³/mol. The van der Waals surface area contributed by atoms with E-state index < -0.39 is 17.2 Å². The highest BCUT2D eigenvalue weighted by Gasteiger charge is 2.49. The van der Waals surface area contributed by atoms with E-state index in [1.807, 2.05) is 0 Å². The molecule has 2 aromatic rings. The van der Waals surface area contributed by atoms with E-state index in [1.165, 1.54) is 6.07 Å². The van der Waals surface area contributed by atoms with Crippen LogP contribution in [0.4, 0.5) is 13.2 Å². The van der Waals surface area contributed by atoms with Crippen LogP contribution in [-0.4, -0.2) is 14.8 Å². The fourth-order valence-corrected chi connectivity index (χ4v) is 4.11. The molecule has 0 bridgehead atoms. The van der Waals surface area contributed by atoms with E-state index in [-0.39, 0.29) is 0 Å². The fourth-order valence-electron chi connectivity index (χ4n) is 3.48. The first kappa shape index (κ1) is 16.7. The maximum absolute atomic E-state index is 13.2. The van der Waals surface area contributed by atoms with Crippen molar-refractivity contribution in [3.05, 3.63) is 44.4 Å². The first-order chi connectivity index (χ1) is 10.6. The standard InChI is InChI=1S/C15H15BrF3N3S/c1-8-6-14(7-8,12-20-21-13(23)22(12)2)9-3-10(15(17,18)19)5-11(16)4-9/h3-5,8H,6-7H2,1-2H3,(H,21,23). The molecule has 3 nitrogen and oxygen atoms in total. The molecule has 1 aromatic heterocycles. The van der Waals surface area contributed by atoms with Gasteiger partial charge in [0.15, 0.2) is 4.77 Å². The second-order valence-electron chi connectivity index (χ2n) is 6.23. The molecule has 0 aliphatic heterocycles. The zero-order chi connectivity index (χ0) is 17.0. The minimum atomic E-state index is -4.38. The highest BCUT2D eigenvalue weighted by molar-refractivity contribution is 9.10. The molecule has 3 rings (SSSR count). The number of rotatable bonds is 2. The molecule has 1 aliphatic carbocycles. The van der Waals surface area contributed by atoms with E-state index >= 15 is 0 Å². The predicted octanol–water partition coefficient (Wildman–Crippen LogP) is 4.97. The van der Waals surface area contributed by atoms with Crippen molar-refractivity contribution >= 4 is 28.1 Å². The highest BCUT2D eigenvalue weighted by atomic mass is 79.9. The van der Waals surface area contributed by atoms with Crippen molar-refractivity contribution in [3.8, 4) is 0 Å². The molecule has 8 heteroatoms. The third-order valence-electron chi connectivity index (χ3n) is 4.48. The zero-order valence-corrected chi connectivity index (χ0v) is 14.9. The smallest absolute Gasteiger partial charge is 0.307 e. The number of aromatic amines is 1. The lowest BCUT2D eigenvalue weighted by Gasteiger charge is -2.46. The van der Waals surface area contributed by atoms with Crippen molar-refractivity contribution in [2.75, 3.05) is 0 Å². The minimum Gasteiger partial charge on any atom is -0.307 e. The maximum atomic E-state index is 13.2. The average Bonchev–Trinajstić information content (AvgIpc) is 2.74. The fraction of sp³-hybridized carbons (Fsp3) is 0.467. The van der Waals surface area contributed by atoms with Crippen molar-refractivity contribution in [2.45, 2.75) is 31.4 Å². The summed E-state index contributed by atoms with van der Waals surface area (Å²) in [5.41, 5.74) is -0.571. The monoisotopic (exact) mass is 405 g/mol. The Morgan fingerprint density at radius 2 is 2.00 bits per heavy atom. The van der Waals surface area contributed by atoms with Crippen molar-refractivity contribution in [1.82, 2.24) is 14.8 Å². The SMILES string of the molecule is CC1CC(c2cc(Br)cc(C(F)(F)F)c2)(c2n[nH]c(=S)n2C)C1. The van der Waals surface area contributed by atoms with Gasteiger partial charge in [-0.25, -0.2) is 0 Å². The topological polar surface area (TPSA) is 33.6 Å².